The number of hydrogen-bond acceptors (Lipinski definition) is 4. The number of aromatic carboxylic acids is 1. The number of rotatable bonds is 4. The van der Waals surface area contributed by atoms with E-state index in [4.69, 9.17) is 14.3 Å². The first-order valence-electron chi connectivity index (χ1n) is 5.44. The zero-order chi connectivity index (χ0) is 13.1. The molecule has 1 heterocycles. The molecule has 1 N–H and O–H groups in total. The first kappa shape index (κ1) is 12.2. The van der Waals surface area contributed by atoms with Crippen molar-refractivity contribution >= 4 is 5.97 Å². The third-order valence-corrected chi connectivity index (χ3v) is 2.61. The lowest BCUT2D eigenvalue weighted by Gasteiger charge is -2.06. The SMILES string of the molecule is Cc1ccc(OCc2nc(C(=O)O)co2)cc1C. The first-order chi connectivity index (χ1) is 8.56. The van der Waals surface area contributed by atoms with Gasteiger partial charge in [0.15, 0.2) is 12.3 Å². The fourth-order valence-electron chi connectivity index (χ4n) is 1.42. The highest BCUT2D eigenvalue weighted by molar-refractivity contribution is 5.84. The Labute approximate surface area is 104 Å². The van der Waals surface area contributed by atoms with Crippen LogP contribution in [0.2, 0.25) is 0 Å². The molecule has 2 rings (SSSR count). The van der Waals surface area contributed by atoms with Crippen LogP contribution in [0.1, 0.15) is 27.5 Å². The van der Waals surface area contributed by atoms with Crippen LogP contribution in [0.5, 0.6) is 5.75 Å². The summed E-state index contributed by atoms with van der Waals surface area (Å²) < 4.78 is 10.5. The summed E-state index contributed by atoms with van der Waals surface area (Å²) in [7, 11) is 0. The topological polar surface area (TPSA) is 72.6 Å². The van der Waals surface area contributed by atoms with Crippen molar-refractivity contribution in [1.82, 2.24) is 4.98 Å². The summed E-state index contributed by atoms with van der Waals surface area (Å²) in [6, 6.07) is 5.72. The van der Waals surface area contributed by atoms with Crippen LogP contribution in [-0.4, -0.2) is 16.1 Å². The molecule has 0 radical (unpaired) electrons. The number of carboxylic acid groups (broad SMARTS) is 1. The third kappa shape index (κ3) is 2.68. The Hall–Kier alpha value is -2.30. The van der Waals surface area contributed by atoms with Crippen molar-refractivity contribution in [2.75, 3.05) is 0 Å². The molecule has 0 aliphatic rings. The van der Waals surface area contributed by atoms with Crippen molar-refractivity contribution in [1.29, 1.82) is 0 Å². The maximum Gasteiger partial charge on any atom is 0.357 e. The molecule has 0 saturated carbocycles. The normalized spacial score (nSPS) is 10.3. The van der Waals surface area contributed by atoms with E-state index in [0.29, 0.717) is 5.75 Å². The molecule has 0 aliphatic carbocycles. The summed E-state index contributed by atoms with van der Waals surface area (Å²) >= 11 is 0. The zero-order valence-corrected chi connectivity index (χ0v) is 10.1. The Morgan fingerprint density at radius 2 is 2.17 bits per heavy atom. The van der Waals surface area contributed by atoms with Gasteiger partial charge in [0.2, 0.25) is 5.89 Å². The molecule has 1 aromatic heterocycles. The smallest absolute Gasteiger partial charge is 0.357 e. The minimum absolute atomic E-state index is 0.107. The van der Waals surface area contributed by atoms with Crippen LogP contribution in [0.3, 0.4) is 0 Å². The molecule has 5 nitrogen and oxygen atoms in total. The number of aromatic nitrogens is 1. The lowest BCUT2D eigenvalue weighted by Crippen LogP contribution is -1.99. The number of carboxylic acids is 1. The van der Waals surface area contributed by atoms with Gasteiger partial charge in [-0.05, 0) is 37.1 Å². The van der Waals surface area contributed by atoms with Crippen molar-refractivity contribution in [3.05, 3.63) is 47.2 Å². The van der Waals surface area contributed by atoms with Gasteiger partial charge >= 0.3 is 5.97 Å². The van der Waals surface area contributed by atoms with Gasteiger partial charge in [-0.1, -0.05) is 6.07 Å². The Bertz CT molecular complexity index is 574. The molecule has 0 fully saturated rings. The summed E-state index contributed by atoms with van der Waals surface area (Å²) in [6.45, 7) is 4.12. The van der Waals surface area contributed by atoms with Crippen molar-refractivity contribution in [3.8, 4) is 5.75 Å². The van der Waals surface area contributed by atoms with Gasteiger partial charge < -0.3 is 14.3 Å². The maximum absolute atomic E-state index is 10.6. The lowest BCUT2D eigenvalue weighted by molar-refractivity contribution is 0.0690. The standard InChI is InChI=1S/C13H13NO4/c1-8-3-4-10(5-9(8)2)17-7-12-14-11(6-18-12)13(15)16/h3-6H,7H2,1-2H3,(H,15,16). The molecule has 0 bridgehead atoms. The molecule has 0 spiro atoms. The van der Waals surface area contributed by atoms with Crippen LogP contribution in [0, 0.1) is 13.8 Å². The third-order valence-electron chi connectivity index (χ3n) is 2.61. The van der Waals surface area contributed by atoms with E-state index in [0.717, 1.165) is 11.8 Å². The van der Waals surface area contributed by atoms with Crippen molar-refractivity contribution in [2.45, 2.75) is 20.5 Å². The average Bonchev–Trinajstić information content (AvgIpc) is 2.79. The van der Waals surface area contributed by atoms with Crippen LogP contribution in [0.15, 0.2) is 28.9 Å². The number of nitrogens with zero attached hydrogens (tertiary/aromatic N) is 1. The maximum atomic E-state index is 10.6. The minimum Gasteiger partial charge on any atom is -0.484 e. The van der Waals surface area contributed by atoms with E-state index < -0.39 is 5.97 Å². The molecular weight excluding hydrogens is 234 g/mol. The Morgan fingerprint density at radius 1 is 1.39 bits per heavy atom. The van der Waals surface area contributed by atoms with Crippen molar-refractivity contribution in [3.63, 3.8) is 0 Å². The highest BCUT2D eigenvalue weighted by Crippen LogP contribution is 2.17. The van der Waals surface area contributed by atoms with E-state index in [2.05, 4.69) is 4.98 Å². The molecule has 2 aromatic rings. The Balaban J connectivity index is 2.02. The van der Waals surface area contributed by atoms with Gasteiger partial charge in [-0.2, -0.15) is 0 Å². The molecule has 0 aliphatic heterocycles. The largest absolute Gasteiger partial charge is 0.484 e. The molecule has 1 aromatic carbocycles. The number of oxazole rings is 1. The second-order valence-corrected chi connectivity index (χ2v) is 3.97. The molecule has 18 heavy (non-hydrogen) atoms. The predicted octanol–water partition coefficient (Wildman–Crippen LogP) is 2.57. The van der Waals surface area contributed by atoms with Gasteiger partial charge in [-0.3, -0.25) is 0 Å². The summed E-state index contributed by atoms with van der Waals surface area (Å²) in [4.78, 5) is 14.4. The van der Waals surface area contributed by atoms with Crippen LogP contribution < -0.4 is 4.74 Å². The molecule has 94 valence electrons. The van der Waals surface area contributed by atoms with E-state index in [1.54, 1.807) is 0 Å². The number of ether oxygens (including phenoxy) is 1. The Morgan fingerprint density at radius 3 is 2.78 bits per heavy atom. The van der Waals surface area contributed by atoms with Crippen LogP contribution in [-0.2, 0) is 6.61 Å². The quantitative estimate of drug-likeness (QED) is 0.898. The van der Waals surface area contributed by atoms with Crippen molar-refractivity contribution < 1.29 is 19.1 Å². The van der Waals surface area contributed by atoms with Gasteiger partial charge in [0.05, 0.1) is 0 Å². The van der Waals surface area contributed by atoms with E-state index in [1.165, 1.54) is 5.56 Å². The number of hydrogen-bond donors (Lipinski definition) is 1. The second kappa shape index (κ2) is 4.91. The minimum atomic E-state index is -1.11. The number of aryl methyl sites for hydroxylation is 2. The summed E-state index contributed by atoms with van der Waals surface area (Å²) in [5.41, 5.74) is 2.20. The molecule has 0 amide bonds. The highest BCUT2D eigenvalue weighted by atomic mass is 16.5. The number of carbonyl (C=O) groups is 1. The van der Waals surface area contributed by atoms with Crippen LogP contribution >= 0.6 is 0 Å². The van der Waals surface area contributed by atoms with Gasteiger partial charge in [0.25, 0.3) is 0 Å². The molecule has 0 unspecified atom stereocenters. The molecule has 5 heteroatoms. The fraction of sp³-hybridized carbons (Fsp3) is 0.231. The van der Waals surface area contributed by atoms with E-state index >= 15 is 0 Å². The number of benzene rings is 1. The average molecular weight is 247 g/mol. The van der Waals surface area contributed by atoms with Gasteiger partial charge in [0, 0.05) is 0 Å². The monoisotopic (exact) mass is 247 g/mol. The lowest BCUT2D eigenvalue weighted by atomic mass is 10.1. The van der Waals surface area contributed by atoms with E-state index in [-0.39, 0.29) is 18.2 Å². The zero-order valence-electron chi connectivity index (χ0n) is 10.1. The highest BCUT2D eigenvalue weighted by Gasteiger charge is 2.10. The first-order valence-corrected chi connectivity index (χ1v) is 5.44. The van der Waals surface area contributed by atoms with Crippen LogP contribution in [0.4, 0.5) is 0 Å². The Kier molecular flexibility index (Phi) is 3.32. The second-order valence-electron chi connectivity index (χ2n) is 3.97. The van der Waals surface area contributed by atoms with Crippen molar-refractivity contribution in [2.24, 2.45) is 0 Å². The molecular formula is C13H13NO4. The molecule has 0 saturated heterocycles. The summed E-state index contributed by atoms with van der Waals surface area (Å²) in [5, 5.41) is 8.69. The summed E-state index contributed by atoms with van der Waals surface area (Å²) in [6.07, 6.45) is 1.10. The fourth-order valence-corrected chi connectivity index (χ4v) is 1.42. The predicted molar refractivity (Wildman–Crippen MR) is 63.7 cm³/mol. The van der Waals surface area contributed by atoms with Crippen LogP contribution in [0.25, 0.3) is 0 Å². The molecule has 0 atom stereocenters. The van der Waals surface area contributed by atoms with E-state index in [9.17, 15) is 4.79 Å². The van der Waals surface area contributed by atoms with Gasteiger partial charge in [-0.25, -0.2) is 9.78 Å². The van der Waals surface area contributed by atoms with E-state index in [1.807, 2.05) is 32.0 Å². The van der Waals surface area contributed by atoms with Gasteiger partial charge in [0.1, 0.15) is 12.0 Å². The van der Waals surface area contributed by atoms with Gasteiger partial charge in [-0.15, -0.1) is 0 Å². The summed E-state index contributed by atoms with van der Waals surface area (Å²) in [5.74, 6) is -0.171.